The third-order valence-corrected chi connectivity index (χ3v) is 4.04. The molecule has 1 N–H and O–H groups in total. The van der Waals surface area contributed by atoms with Crippen molar-refractivity contribution < 1.29 is 19.4 Å². The van der Waals surface area contributed by atoms with Gasteiger partial charge in [-0.2, -0.15) is 0 Å². The number of aliphatic hydroxyl groups excluding tert-OH is 1. The summed E-state index contributed by atoms with van der Waals surface area (Å²) >= 11 is 0. The summed E-state index contributed by atoms with van der Waals surface area (Å²) in [7, 11) is 1.65. The van der Waals surface area contributed by atoms with Crippen LogP contribution in [0.1, 0.15) is 18.4 Å². The zero-order valence-electron chi connectivity index (χ0n) is 13.5. The molecule has 1 fully saturated rings. The van der Waals surface area contributed by atoms with E-state index >= 15 is 0 Å². The number of aliphatic hydroxyl groups is 1. The largest absolute Gasteiger partial charge is 0.496 e. The first-order valence-corrected chi connectivity index (χ1v) is 7.95. The average molecular weight is 324 g/mol. The topological polar surface area (TPSA) is 55.8 Å². The van der Waals surface area contributed by atoms with Gasteiger partial charge in [0.1, 0.15) is 11.9 Å². The molecule has 1 saturated heterocycles. The summed E-state index contributed by atoms with van der Waals surface area (Å²) in [4.78, 5) is 11.4. The maximum Gasteiger partial charge on any atom is 0.309 e. The molecule has 4 heteroatoms. The molecule has 4 nitrogen and oxygen atoms in total. The SMILES string of the molecule is COc1ccccc1-c1ccccc1/C=C/C1CC(O)CC(=O)O1. The Hall–Kier alpha value is -2.59. The molecule has 1 aliphatic rings. The number of ether oxygens (including phenoxy) is 2. The molecule has 1 heterocycles. The summed E-state index contributed by atoms with van der Waals surface area (Å²) in [5.74, 6) is 0.444. The Bertz CT molecular complexity index is 751. The van der Waals surface area contributed by atoms with Crippen LogP contribution in [0.25, 0.3) is 17.2 Å². The number of hydrogen-bond donors (Lipinski definition) is 1. The summed E-state index contributed by atoms with van der Waals surface area (Å²) < 4.78 is 10.7. The van der Waals surface area contributed by atoms with Crippen LogP contribution >= 0.6 is 0 Å². The van der Waals surface area contributed by atoms with Gasteiger partial charge in [0.2, 0.25) is 0 Å². The minimum absolute atomic E-state index is 0.0716. The number of para-hydroxylation sites is 1. The second-order valence-corrected chi connectivity index (χ2v) is 5.77. The third kappa shape index (κ3) is 3.66. The van der Waals surface area contributed by atoms with Crippen molar-refractivity contribution in [3.05, 3.63) is 60.2 Å². The molecule has 124 valence electrons. The van der Waals surface area contributed by atoms with E-state index in [2.05, 4.69) is 0 Å². The van der Waals surface area contributed by atoms with E-state index in [0.717, 1.165) is 22.4 Å². The fraction of sp³-hybridized carbons (Fsp3) is 0.250. The molecule has 2 aromatic rings. The molecule has 2 aromatic carbocycles. The smallest absolute Gasteiger partial charge is 0.309 e. The average Bonchev–Trinajstić information content (AvgIpc) is 2.59. The first-order chi connectivity index (χ1) is 11.7. The quantitative estimate of drug-likeness (QED) is 0.875. The standard InChI is InChI=1S/C20H20O4/c1-23-19-9-5-4-8-18(19)17-7-3-2-6-14(17)10-11-16-12-15(21)13-20(22)24-16/h2-11,15-16,21H,12-13H2,1H3/b11-10+. The van der Waals surface area contributed by atoms with Crippen molar-refractivity contribution >= 4 is 12.0 Å². The monoisotopic (exact) mass is 324 g/mol. The molecule has 0 aliphatic carbocycles. The van der Waals surface area contributed by atoms with Gasteiger partial charge < -0.3 is 14.6 Å². The lowest BCUT2D eigenvalue weighted by Gasteiger charge is -2.23. The van der Waals surface area contributed by atoms with Gasteiger partial charge in [-0.1, -0.05) is 48.5 Å². The fourth-order valence-electron chi connectivity index (χ4n) is 2.89. The summed E-state index contributed by atoms with van der Waals surface area (Å²) in [6.45, 7) is 0. The number of methoxy groups -OCH3 is 1. The van der Waals surface area contributed by atoms with Crippen molar-refractivity contribution in [3.63, 3.8) is 0 Å². The lowest BCUT2D eigenvalue weighted by atomic mass is 9.97. The molecule has 3 rings (SSSR count). The lowest BCUT2D eigenvalue weighted by Crippen LogP contribution is -2.31. The van der Waals surface area contributed by atoms with Crippen LogP contribution < -0.4 is 4.74 Å². The molecule has 2 atom stereocenters. The zero-order chi connectivity index (χ0) is 16.9. The third-order valence-electron chi connectivity index (χ3n) is 4.04. The summed E-state index contributed by atoms with van der Waals surface area (Å²) in [5, 5.41) is 9.70. The predicted molar refractivity (Wildman–Crippen MR) is 92.6 cm³/mol. The van der Waals surface area contributed by atoms with Crippen LogP contribution in [0.15, 0.2) is 54.6 Å². The summed E-state index contributed by atoms with van der Waals surface area (Å²) in [6, 6.07) is 15.8. The molecular weight excluding hydrogens is 304 g/mol. The number of carbonyl (C=O) groups is 1. The molecule has 2 unspecified atom stereocenters. The van der Waals surface area contributed by atoms with Gasteiger partial charge in [0, 0.05) is 12.0 Å². The predicted octanol–water partition coefficient (Wildman–Crippen LogP) is 3.44. The van der Waals surface area contributed by atoms with E-state index < -0.39 is 12.2 Å². The van der Waals surface area contributed by atoms with Crippen molar-refractivity contribution in [2.75, 3.05) is 7.11 Å². The van der Waals surface area contributed by atoms with E-state index in [9.17, 15) is 9.90 Å². The number of esters is 1. The van der Waals surface area contributed by atoms with Crippen molar-refractivity contribution in [2.24, 2.45) is 0 Å². The van der Waals surface area contributed by atoms with Gasteiger partial charge in [-0.15, -0.1) is 0 Å². The highest BCUT2D eigenvalue weighted by atomic mass is 16.5. The van der Waals surface area contributed by atoms with Crippen LogP contribution in [0, 0.1) is 0 Å². The molecule has 0 radical (unpaired) electrons. The number of benzene rings is 2. The number of cyclic esters (lactones) is 1. The minimum atomic E-state index is -0.634. The van der Waals surface area contributed by atoms with E-state index in [1.807, 2.05) is 60.7 Å². The van der Waals surface area contributed by atoms with Crippen LogP contribution in [-0.2, 0) is 9.53 Å². The van der Waals surface area contributed by atoms with Crippen LogP contribution in [-0.4, -0.2) is 30.4 Å². The van der Waals surface area contributed by atoms with Gasteiger partial charge in [0.15, 0.2) is 0 Å². The van der Waals surface area contributed by atoms with E-state index in [1.54, 1.807) is 7.11 Å². The highest BCUT2D eigenvalue weighted by Gasteiger charge is 2.25. The van der Waals surface area contributed by atoms with E-state index in [1.165, 1.54) is 0 Å². The Kier molecular flexibility index (Phi) is 4.96. The highest BCUT2D eigenvalue weighted by molar-refractivity contribution is 5.79. The fourth-order valence-corrected chi connectivity index (χ4v) is 2.89. The van der Waals surface area contributed by atoms with Gasteiger partial charge in [0.05, 0.1) is 19.6 Å². The highest BCUT2D eigenvalue weighted by Crippen LogP contribution is 2.32. The normalized spacial score (nSPS) is 20.8. The number of carbonyl (C=O) groups excluding carboxylic acids is 1. The van der Waals surface area contributed by atoms with Gasteiger partial charge in [-0.25, -0.2) is 0 Å². The zero-order valence-corrected chi connectivity index (χ0v) is 13.5. The Morgan fingerprint density at radius 3 is 2.58 bits per heavy atom. The van der Waals surface area contributed by atoms with Crippen LogP contribution in [0.2, 0.25) is 0 Å². The van der Waals surface area contributed by atoms with E-state index in [-0.39, 0.29) is 12.4 Å². The van der Waals surface area contributed by atoms with Gasteiger partial charge in [0.25, 0.3) is 0 Å². The van der Waals surface area contributed by atoms with Crippen LogP contribution in [0.5, 0.6) is 5.75 Å². The van der Waals surface area contributed by atoms with Crippen molar-refractivity contribution in [1.29, 1.82) is 0 Å². The van der Waals surface area contributed by atoms with Crippen molar-refractivity contribution in [1.82, 2.24) is 0 Å². The summed E-state index contributed by atoms with van der Waals surface area (Å²) in [5.41, 5.74) is 3.04. The molecule has 0 bridgehead atoms. The maximum absolute atomic E-state index is 11.4. The molecular formula is C20H20O4. The first-order valence-electron chi connectivity index (χ1n) is 7.95. The van der Waals surface area contributed by atoms with E-state index in [0.29, 0.717) is 6.42 Å². The van der Waals surface area contributed by atoms with Crippen molar-refractivity contribution in [3.8, 4) is 16.9 Å². The number of hydrogen-bond acceptors (Lipinski definition) is 4. The Labute approximate surface area is 141 Å². The molecule has 0 aromatic heterocycles. The molecule has 0 saturated carbocycles. The van der Waals surface area contributed by atoms with Gasteiger partial charge >= 0.3 is 5.97 Å². The molecule has 1 aliphatic heterocycles. The van der Waals surface area contributed by atoms with Crippen LogP contribution in [0.3, 0.4) is 0 Å². The minimum Gasteiger partial charge on any atom is -0.496 e. The molecule has 0 amide bonds. The Morgan fingerprint density at radius 2 is 1.83 bits per heavy atom. The molecule has 24 heavy (non-hydrogen) atoms. The lowest BCUT2D eigenvalue weighted by molar-refractivity contribution is -0.156. The summed E-state index contributed by atoms with van der Waals surface area (Å²) in [6.07, 6.45) is 3.23. The molecule has 0 spiro atoms. The van der Waals surface area contributed by atoms with Crippen LogP contribution in [0.4, 0.5) is 0 Å². The first kappa shape index (κ1) is 16.3. The van der Waals surface area contributed by atoms with E-state index in [4.69, 9.17) is 9.47 Å². The van der Waals surface area contributed by atoms with Gasteiger partial charge in [-0.3, -0.25) is 4.79 Å². The second-order valence-electron chi connectivity index (χ2n) is 5.77. The number of rotatable bonds is 4. The second kappa shape index (κ2) is 7.32. The Morgan fingerprint density at radius 1 is 1.12 bits per heavy atom. The Balaban J connectivity index is 1.90. The maximum atomic E-state index is 11.4. The van der Waals surface area contributed by atoms with Gasteiger partial charge in [-0.05, 0) is 23.3 Å². The van der Waals surface area contributed by atoms with Crippen molar-refractivity contribution in [2.45, 2.75) is 25.0 Å².